The smallest absolute Gasteiger partial charge is 0.126 e. The Kier molecular flexibility index (Phi) is 7.68. The van der Waals surface area contributed by atoms with Gasteiger partial charge in [0.1, 0.15) is 11.6 Å². The summed E-state index contributed by atoms with van der Waals surface area (Å²) in [6.07, 6.45) is 3.11. The molecule has 168 valence electrons. The van der Waals surface area contributed by atoms with Gasteiger partial charge in [-0.15, -0.1) is 0 Å². The van der Waals surface area contributed by atoms with E-state index in [0.717, 1.165) is 29.4 Å². The van der Waals surface area contributed by atoms with E-state index in [1.807, 2.05) is 49.4 Å². The average molecular weight is 455 g/mol. The maximum atomic E-state index is 14.0. The van der Waals surface area contributed by atoms with Gasteiger partial charge in [-0.2, -0.15) is 0 Å². The highest BCUT2D eigenvalue weighted by Crippen LogP contribution is 2.31. The quantitative estimate of drug-likeness (QED) is 0.373. The number of halogens is 3. The lowest BCUT2D eigenvalue weighted by Crippen LogP contribution is -2.38. The van der Waals surface area contributed by atoms with Crippen LogP contribution in [0.1, 0.15) is 43.5 Å². The number of pyridine rings is 1. The number of allylic oxidation sites excluding steroid dienone is 1. The number of aromatic nitrogens is 1. The largest absolute Gasteiger partial charge is 0.385 e. The van der Waals surface area contributed by atoms with Crippen LogP contribution in [-0.4, -0.2) is 11.0 Å². The van der Waals surface area contributed by atoms with Crippen LogP contribution < -0.4 is 5.32 Å². The first-order chi connectivity index (χ1) is 15.1. The molecule has 0 aliphatic heterocycles. The van der Waals surface area contributed by atoms with Gasteiger partial charge < -0.3 is 5.32 Å². The molecule has 2 aromatic carbocycles. The summed E-state index contributed by atoms with van der Waals surface area (Å²) in [5.41, 5.74) is 3.22. The van der Waals surface area contributed by atoms with Crippen LogP contribution in [0.25, 0.3) is 0 Å². The second-order valence-corrected chi connectivity index (χ2v) is 9.37. The standard InChI is InChI=1S/C27H29ClF2N2/c1-18(32-19(2)27(3,4)17-25-7-5-6-12-31-25)26(13-20-8-10-22(28)11-9-20)21-14-23(29)16-24(30)15-21/h5-12,14-16,18,26,32H,2,13,17H2,1,3-4H3. The summed E-state index contributed by atoms with van der Waals surface area (Å²) in [7, 11) is 0. The molecule has 0 bridgehead atoms. The molecule has 2 nitrogen and oxygen atoms in total. The van der Waals surface area contributed by atoms with Gasteiger partial charge in [0.15, 0.2) is 0 Å². The highest BCUT2D eigenvalue weighted by atomic mass is 35.5. The van der Waals surface area contributed by atoms with Crippen LogP contribution in [0, 0.1) is 17.0 Å². The summed E-state index contributed by atoms with van der Waals surface area (Å²) in [6.45, 7) is 10.5. The molecule has 1 heterocycles. The van der Waals surface area contributed by atoms with Crippen LogP contribution >= 0.6 is 11.6 Å². The summed E-state index contributed by atoms with van der Waals surface area (Å²) in [5, 5.41) is 4.17. The number of hydrogen-bond donors (Lipinski definition) is 1. The van der Waals surface area contributed by atoms with Crippen molar-refractivity contribution in [1.29, 1.82) is 0 Å². The van der Waals surface area contributed by atoms with Crippen molar-refractivity contribution in [3.8, 4) is 0 Å². The molecule has 0 saturated carbocycles. The minimum absolute atomic E-state index is 0.123. The first kappa shape index (κ1) is 23.9. The highest BCUT2D eigenvalue weighted by Gasteiger charge is 2.28. The molecule has 0 aliphatic rings. The van der Waals surface area contributed by atoms with Crippen LogP contribution in [0.3, 0.4) is 0 Å². The van der Waals surface area contributed by atoms with E-state index in [0.29, 0.717) is 17.0 Å². The first-order valence-electron chi connectivity index (χ1n) is 10.7. The molecule has 0 spiro atoms. The lowest BCUT2D eigenvalue weighted by atomic mass is 9.82. The fraction of sp³-hybridized carbons (Fsp3) is 0.296. The Balaban J connectivity index is 1.83. The van der Waals surface area contributed by atoms with Crippen molar-refractivity contribution in [3.05, 3.63) is 113 Å². The van der Waals surface area contributed by atoms with Crippen molar-refractivity contribution in [2.24, 2.45) is 5.41 Å². The average Bonchev–Trinajstić information content (AvgIpc) is 2.72. The van der Waals surface area contributed by atoms with E-state index in [4.69, 9.17) is 11.6 Å². The molecule has 0 aliphatic carbocycles. The van der Waals surface area contributed by atoms with Crippen molar-refractivity contribution in [2.45, 2.75) is 45.6 Å². The van der Waals surface area contributed by atoms with Gasteiger partial charge in [-0.3, -0.25) is 4.98 Å². The molecule has 32 heavy (non-hydrogen) atoms. The molecule has 0 radical (unpaired) electrons. The normalized spacial score (nSPS) is 13.4. The predicted molar refractivity (Wildman–Crippen MR) is 128 cm³/mol. The van der Waals surface area contributed by atoms with Crippen LogP contribution in [-0.2, 0) is 12.8 Å². The van der Waals surface area contributed by atoms with Crippen molar-refractivity contribution in [2.75, 3.05) is 0 Å². The van der Waals surface area contributed by atoms with E-state index in [9.17, 15) is 8.78 Å². The summed E-state index contributed by atoms with van der Waals surface area (Å²) in [6, 6.07) is 17.0. The Hall–Kier alpha value is -2.72. The van der Waals surface area contributed by atoms with Crippen molar-refractivity contribution in [3.63, 3.8) is 0 Å². The zero-order chi connectivity index (χ0) is 23.3. The predicted octanol–water partition coefficient (Wildman–Crippen LogP) is 7.10. The molecule has 0 amide bonds. The Morgan fingerprint density at radius 2 is 1.72 bits per heavy atom. The third kappa shape index (κ3) is 6.39. The van der Waals surface area contributed by atoms with Gasteiger partial charge in [0, 0.05) is 52.5 Å². The van der Waals surface area contributed by atoms with Crippen LogP contribution in [0.15, 0.2) is 79.1 Å². The number of rotatable bonds is 9. The van der Waals surface area contributed by atoms with Gasteiger partial charge in [0.25, 0.3) is 0 Å². The molecule has 2 unspecified atom stereocenters. The van der Waals surface area contributed by atoms with Crippen molar-refractivity contribution >= 4 is 11.6 Å². The van der Waals surface area contributed by atoms with Crippen molar-refractivity contribution in [1.82, 2.24) is 10.3 Å². The summed E-state index contributed by atoms with van der Waals surface area (Å²) >= 11 is 6.03. The minimum Gasteiger partial charge on any atom is -0.385 e. The van der Waals surface area contributed by atoms with E-state index in [1.165, 1.54) is 12.1 Å². The number of nitrogens with one attached hydrogen (secondary N) is 1. The van der Waals surface area contributed by atoms with Crippen LogP contribution in [0.5, 0.6) is 0 Å². The monoisotopic (exact) mass is 454 g/mol. The molecular formula is C27H29ClF2N2. The maximum absolute atomic E-state index is 14.0. The third-order valence-corrected chi connectivity index (χ3v) is 6.11. The second kappa shape index (κ2) is 10.3. The molecule has 3 aromatic rings. The van der Waals surface area contributed by atoms with E-state index in [-0.39, 0.29) is 17.4 Å². The molecule has 1 aromatic heterocycles. The van der Waals surface area contributed by atoms with Gasteiger partial charge >= 0.3 is 0 Å². The molecule has 3 rings (SSSR count). The SMILES string of the molecule is C=C(NC(C)C(Cc1ccc(Cl)cc1)c1cc(F)cc(F)c1)C(C)(C)Cc1ccccn1. The minimum atomic E-state index is -0.581. The second-order valence-electron chi connectivity index (χ2n) is 8.93. The van der Waals surface area contributed by atoms with Crippen LogP contribution in [0.2, 0.25) is 5.02 Å². The lowest BCUT2D eigenvalue weighted by Gasteiger charge is -2.34. The number of nitrogens with zero attached hydrogens (tertiary/aromatic N) is 1. The van der Waals surface area contributed by atoms with Crippen molar-refractivity contribution < 1.29 is 8.78 Å². The Labute approximate surface area is 194 Å². The van der Waals surface area contributed by atoms with E-state index >= 15 is 0 Å². The van der Waals surface area contributed by atoms with Gasteiger partial charge in [0.2, 0.25) is 0 Å². The van der Waals surface area contributed by atoms with E-state index in [2.05, 4.69) is 30.7 Å². The Bertz CT molecular complexity index is 1030. The maximum Gasteiger partial charge on any atom is 0.126 e. The zero-order valence-electron chi connectivity index (χ0n) is 18.7. The van der Waals surface area contributed by atoms with Gasteiger partial charge in [-0.25, -0.2) is 8.78 Å². The molecule has 5 heteroatoms. The van der Waals surface area contributed by atoms with E-state index < -0.39 is 11.6 Å². The fourth-order valence-electron chi connectivity index (χ4n) is 3.88. The Morgan fingerprint density at radius 1 is 1.06 bits per heavy atom. The fourth-order valence-corrected chi connectivity index (χ4v) is 4.01. The molecule has 1 N–H and O–H groups in total. The zero-order valence-corrected chi connectivity index (χ0v) is 19.5. The van der Waals surface area contributed by atoms with Gasteiger partial charge in [-0.1, -0.05) is 50.2 Å². The number of benzene rings is 2. The highest BCUT2D eigenvalue weighted by molar-refractivity contribution is 6.30. The molecule has 0 fully saturated rings. The molecular weight excluding hydrogens is 426 g/mol. The number of hydrogen-bond acceptors (Lipinski definition) is 2. The lowest BCUT2D eigenvalue weighted by molar-refractivity contribution is 0.372. The third-order valence-electron chi connectivity index (χ3n) is 5.85. The van der Waals surface area contributed by atoms with Crippen LogP contribution in [0.4, 0.5) is 8.78 Å². The first-order valence-corrected chi connectivity index (χ1v) is 11.1. The summed E-state index contributed by atoms with van der Waals surface area (Å²) in [5.74, 6) is -1.34. The van der Waals surface area contributed by atoms with Gasteiger partial charge in [0.05, 0.1) is 0 Å². The van der Waals surface area contributed by atoms with Gasteiger partial charge in [-0.05, 0) is 60.9 Å². The summed E-state index contributed by atoms with van der Waals surface area (Å²) < 4.78 is 28.1. The summed E-state index contributed by atoms with van der Waals surface area (Å²) in [4.78, 5) is 4.43. The Morgan fingerprint density at radius 3 is 2.31 bits per heavy atom. The topological polar surface area (TPSA) is 24.9 Å². The molecule has 0 saturated heterocycles. The van der Waals surface area contributed by atoms with E-state index in [1.54, 1.807) is 6.20 Å². The molecule has 2 atom stereocenters.